The van der Waals surface area contributed by atoms with Gasteiger partial charge in [0.15, 0.2) is 0 Å². The Morgan fingerprint density at radius 1 is 1.33 bits per heavy atom. The van der Waals surface area contributed by atoms with Crippen LogP contribution in [0.5, 0.6) is 11.6 Å². The molecule has 18 heavy (non-hydrogen) atoms. The first kappa shape index (κ1) is 12.0. The molecule has 2 aromatic rings. The van der Waals surface area contributed by atoms with Crippen molar-refractivity contribution in [2.45, 2.75) is 13.3 Å². The van der Waals surface area contributed by atoms with Gasteiger partial charge in [-0.1, -0.05) is 12.1 Å². The summed E-state index contributed by atoms with van der Waals surface area (Å²) in [6.45, 7) is 1.90. The van der Waals surface area contributed by atoms with Crippen LogP contribution in [0.3, 0.4) is 0 Å². The smallest absolute Gasteiger partial charge is 0.307 e. The molecule has 0 aliphatic carbocycles. The zero-order valence-corrected chi connectivity index (χ0v) is 9.83. The molecule has 1 N–H and O–H groups in total. The van der Waals surface area contributed by atoms with Crippen molar-refractivity contribution in [1.82, 2.24) is 10.2 Å². The lowest BCUT2D eigenvalue weighted by atomic mass is 10.1. The zero-order valence-electron chi connectivity index (χ0n) is 9.83. The largest absolute Gasteiger partial charge is 0.481 e. The van der Waals surface area contributed by atoms with Crippen molar-refractivity contribution >= 4 is 5.97 Å². The molecule has 1 heterocycles. The molecule has 5 heteroatoms. The van der Waals surface area contributed by atoms with E-state index in [1.807, 2.05) is 6.92 Å². The Bertz CT molecular complexity index is 552. The van der Waals surface area contributed by atoms with Gasteiger partial charge in [0.2, 0.25) is 5.88 Å². The van der Waals surface area contributed by atoms with Crippen molar-refractivity contribution < 1.29 is 14.6 Å². The molecule has 0 radical (unpaired) electrons. The third-order valence-corrected chi connectivity index (χ3v) is 2.27. The lowest BCUT2D eigenvalue weighted by Gasteiger charge is -2.05. The number of hydrogen-bond donors (Lipinski definition) is 1. The highest BCUT2D eigenvalue weighted by molar-refractivity contribution is 5.70. The predicted molar refractivity (Wildman–Crippen MR) is 64.6 cm³/mol. The molecule has 0 aliphatic rings. The van der Waals surface area contributed by atoms with Gasteiger partial charge in [-0.25, -0.2) is 0 Å². The molecule has 0 saturated heterocycles. The van der Waals surface area contributed by atoms with Gasteiger partial charge in [-0.3, -0.25) is 4.79 Å². The number of hydrogen-bond acceptors (Lipinski definition) is 4. The number of rotatable bonds is 4. The van der Waals surface area contributed by atoms with Crippen LogP contribution in [0, 0.1) is 6.92 Å². The van der Waals surface area contributed by atoms with E-state index < -0.39 is 5.97 Å². The number of aliphatic carboxylic acids is 1. The van der Waals surface area contributed by atoms with Gasteiger partial charge in [-0.2, -0.15) is 5.10 Å². The minimum Gasteiger partial charge on any atom is -0.481 e. The summed E-state index contributed by atoms with van der Waals surface area (Å²) in [6, 6.07) is 8.63. The second kappa shape index (κ2) is 5.27. The van der Waals surface area contributed by atoms with E-state index in [0.29, 0.717) is 11.6 Å². The first-order valence-electron chi connectivity index (χ1n) is 5.41. The van der Waals surface area contributed by atoms with E-state index in [1.54, 1.807) is 36.5 Å². The minimum absolute atomic E-state index is 0.00449. The van der Waals surface area contributed by atoms with Crippen molar-refractivity contribution in [1.29, 1.82) is 0 Å². The van der Waals surface area contributed by atoms with Crippen LogP contribution in [0.25, 0.3) is 0 Å². The molecule has 0 unspecified atom stereocenters. The quantitative estimate of drug-likeness (QED) is 0.892. The maximum absolute atomic E-state index is 10.5. The molecule has 0 saturated carbocycles. The van der Waals surface area contributed by atoms with Crippen LogP contribution in [0.1, 0.15) is 11.1 Å². The van der Waals surface area contributed by atoms with Crippen LogP contribution in [0.2, 0.25) is 0 Å². The molecule has 0 fully saturated rings. The monoisotopic (exact) mass is 244 g/mol. The molecule has 1 aromatic carbocycles. The Morgan fingerprint density at radius 2 is 2.06 bits per heavy atom. The Balaban J connectivity index is 2.08. The topological polar surface area (TPSA) is 72.3 Å². The van der Waals surface area contributed by atoms with Gasteiger partial charge in [0.05, 0.1) is 12.6 Å². The summed E-state index contributed by atoms with van der Waals surface area (Å²) in [7, 11) is 0. The van der Waals surface area contributed by atoms with Crippen molar-refractivity contribution in [3.8, 4) is 11.6 Å². The minimum atomic E-state index is -0.854. The van der Waals surface area contributed by atoms with Gasteiger partial charge in [0, 0.05) is 6.07 Å². The zero-order chi connectivity index (χ0) is 13.0. The summed E-state index contributed by atoms with van der Waals surface area (Å²) < 4.78 is 5.50. The van der Waals surface area contributed by atoms with E-state index in [4.69, 9.17) is 9.84 Å². The SMILES string of the molecule is Cc1cnnc(Oc2ccc(CC(=O)O)cc2)c1. The van der Waals surface area contributed by atoms with Crippen LogP contribution in [0.15, 0.2) is 36.5 Å². The highest BCUT2D eigenvalue weighted by Crippen LogP contribution is 2.19. The van der Waals surface area contributed by atoms with E-state index in [1.165, 1.54) is 0 Å². The molecule has 0 bridgehead atoms. The highest BCUT2D eigenvalue weighted by Gasteiger charge is 2.02. The maximum atomic E-state index is 10.5. The van der Waals surface area contributed by atoms with Crippen molar-refractivity contribution in [2.24, 2.45) is 0 Å². The lowest BCUT2D eigenvalue weighted by molar-refractivity contribution is -0.136. The Labute approximate surface area is 104 Å². The van der Waals surface area contributed by atoms with Crippen LogP contribution < -0.4 is 4.74 Å². The first-order chi connectivity index (χ1) is 8.63. The molecule has 2 rings (SSSR count). The summed E-state index contributed by atoms with van der Waals surface area (Å²) in [4.78, 5) is 10.5. The Kier molecular flexibility index (Phi) is 3.52. The number of ether oxygens (including phenoxy) is 1. The van der Waals surface area contributed by atoms with Gasteiger partial charge in [0.1, 0.15) is 5.75 Å². The lowest BCUT2D eigenvalue weighted by Crippen LogP contribution is -1.99. The van der Waals surface area contributed by atoms with Gasteiger partial charge in [0.25, 0.3) is 0 Å². The summed E-state index contributed by atoms with van der Waals surface area (Å²) in [6.07, 6.45) is 1.65. The van der Waals surface area contributed by atoms with Crippen molar-refractivity contribution in [3.63, 3.8) is 0 Å². The summed E-state index contributed by atoms with van der Waals surface area (Å²) >= 11 is 0. The number of carboxylic acid groups (broad SMARTS) is 1. The normalized spacial score (nSPS) is 10.1. The van der Waals surface area contributed by atoms with Crippen LogP contribution in [-0.4, -0.2) is 21.3 Å². The fraction of sp³-hybridized carbons (Fsp3) is 0.154. The second-order valence-corrected chi connectivity index (χ2v) is 3.89. The van der Waals surface area contributed by atoms with Crippen LogP contribution in [-0.2, 0) is 11.2 Å². The highest BCUT2D eigenvalue weighted by atomic mass is 16.5. The average molecular weight is 244 g/mol. The standard InChI is InChI=1S/C13H12N2O3/c1-9-6-12(15-14-8-9)18-11-4-2-10(3-5-11)7-13(16)17/h2-6,8H,7H2,1H3,(H,16,17). The van der Waals surface area contributed by atoms with Crippen LogP contribution in [0.4, 0.5) is 0 Å². The molecule has 92 valence electrons. The van der Waals surface area contributed by atoms with Gasteiger partial charge in [-0.15, -0.1) is 5.10 Å². The summed E-state index contributed by atoms with van der Waals surface area (Å²) in [5.74, 6) is 0.165. The van der Waals surface area contributed by atoms with Crippen molar-refractivity contribution in [3.05, 3.63) is 47.7 Å². The number of benzene rings is 1. The van der Waals surface area contributed by atoms with E-state index in [9.17, 15) is 4.79 Å². The number of nitrogens with zero attached hydrogens (tertiary/aromatic N) is 2. The molecule has 0 spiro atoms. The number of aryl methyl sites for hydroxylation is 1. The molecule has 0 aliphatic heterocycles. The molecule has 1 aromatic heterocycles. The molecular formula is C13H12N2O3. The third-order valence-electron chi connectivity index (χ3n) is 2.27. The number of carbonyl (C=O) groups is 1. The third kappa shape index (κ3) is 3.28. The number of carboxylic acids is 1. The summed E-state index contributed by atoms with van der Waals surface area (Å²) in [5, 5.41) is 16.3. The van der Waals surface area contributed by atoms with Gasteiger partial charge < -0.3 is 9.84 Å². The summed E-state index contributed by atoms with van der Waals surface area (Å²) in [5.41, 5.74) is 1.69. The Morgan fingerprint density at radius 3 is 2.67 bits per heavy atom. The Hall–Kier alpha value is -2.43. The van der Waals surface area contributed by atoms with Crippen LogP contribution >= 0.6 is 0 Å². The maximum Gasteiger partial charge on any atom is 0.307 e. The predicted octanol–water partition coefficient (Wildman–Crippen LogP) is 2.20. The number of aromatic nitrogens is 2. The van der Waals surface area contributed by atoms with Gasteiger partial charge >= 0.3 is 5.97 Å². The molecule has 0 atom stereocenters. The average Bonchev–Trinajstić information content (AvgIpc) is 2.31. The van der Waals surface area contributed by atoms with Gasteiger partial charge in [-0.05, 0) is 30.2 Å². The fourth-order valence-electron chi connectivity index (χ4n) is 1.46. The molecule has 5 nitrogen and oxygen atoms in total. The van der Waals surface area contributed by atoms with E-state index >= 15 is 0 Å². The fourth-order valence-corrected chi connectivity index (χ4v) is 1.46. The van der Waals surface area contributed by atoms with Crippen molar-refractivity contribution in [2.75, 3.05) is 0 Å². The van der Waals surface area contributed by atoms with E-state index in [-0.39, 0.29) is 6.42 Å². The molecule has 0 amide bonds. The second-order valence-electron chi connectivity index (χ2n) is 3.89. The van der Waals surface area contributed by atoms with E-state index in [2.05, 4.69) is 10.2 Å². The first-order valence-corrected chi connectivity index (χ1v) is 5.41. The molecular weight excluding hydrogens is 232 g/mol. The van der Waals surface area contributed by atoms with E-state index in [0.717, 1.165) is 11.1 Å².